The maximum atomic E-state index is 6.90. The van der Waals surface area contributed by atoms with Gasteiger partial charge in [-0.2, -0.15) is 9.13 Å². The molecule has 0 fully saturated rings. The van der Waals surface area contributed by atoms with Crippen molar-refractivity contribution in [3.63, 3.8) is 0 Å². The molecule has 13 rings (SSSR count). The van der Waals surface area contributed by atoms with Crippen LogP contribution in [0.15, 0.2) is 146 Å². The molecule has 53 heavy (non-hydrogen) atoms. The van der Waals surface area contributed by atoms with E-state index in [-0.39, 0.29) is 0 Å². The first-order chi connectivity index (χ1) is 26.2. The van der Waals surface area contributed by atoms with Crippen LogP contribution in [-0.4, -0.2) is 18.8 Å². The quantitative estimate of drug-likeness (QED) is 0.171. The second kappa shape index (κ2) is 9.26. The lowest BCUT2D eigenvalue weighted by atomic mass is 9.84. The summed E-state index contributed by atoms with van der Waals surface area (Å²) in [5.41, 5.74) is 14.0. The van der Waals surface area contributed by atoms with Gasteiger partial charge in [-0.15, -0.1) is 4.68 Å². The minimum atomic E-state index is -0.746. The molecule has 0 bridgehead atoms. The highest BCUT2D eigenvalue weighted by Crippen LogP contribution is 2.56. The van der Waals surface area contributed by atoms with Gasteiger partial charge in [-0.3, -0.25) is 4.98 Å². The number of para-hydroxylation sites is 3. The Labute approximate surface area is 303 Å². The predicted molar refractivity (Wildman–Crippen MR) is 206 cm³/mol. The lowest BCUT2D eigenvalue weighted by Gasteiger charge is -2.33. The summed E-state index contributed by atoms with van der Waals surface area (Å²) in [6.07, 6.45) is 4.32. The Balaban J connectivity index is 1.18. The molecule has 0 N–H and O–H groups in total. The van der Waals surface area contributed by atoms with Crippen molar-refractivity contribution in [3.05, 3.63) is 168 Å². The molecule has 0 saturated heterocycles. The average Bonchev–Trinajstić information content (AvgIpc) is 3.90. The molecule has 3 aliphatic heterocycles. The molecule has 10 aromatic rings. The van der Waals surface area contributed by atoms with E-state index in [9.17, 15) is 0 Å². The van der Waals surface area contributed by atoms with Crippen LogP contribution in [0.25, 0.3) is 72.1 Å². The van der Waals surface area contributed by atoms with Gasteiger partial charge in [0.2, 0.25) is 5.69 Å². The zero-order valence-electron chi connectivity index (χ0n) is 28.9. The highest BCUT2D eigenvalue weighted by molar-refractivity contribution is 6.11. The number of hydrogen-bond acceptors (Lipinski definition) is 2. The fraction of sp³-hybridized carbons (Fsp3) is 0.0652. The van der Waals surface area contributed by atoms with Crippen LogP contribution in [0.3, 0.4) is 0 Å². The molecule has 1 spiro atoms. The van der Waals surface area contributed by atoms with E-state index in [0.717, 1.165) is 78.7 Å². The van der Waals surface area contributed by atoms with Gasteiger partial charge in [-0.05, 0) is 73.7 Å². The monoisotopic (exact) mass is 682 g/mol. The predicted octanol–water partition coefficient (Wildman–Crippen LogP) is 8.96. The van der Waals surface area contributed by atoms with E-state index in [1.54, 1.807) is 0 Å². The van der Waals surface area contributed by atoms with Gasteiger partial charge in [0, 0.05) is 46.6 Å². The standard InChI is InChI=1S/C46H30N6O/c1-27-41(29-25-37-44(47-26-29)33-16-7-9-18-35(33)49(37)30-13-4-3-5-14-30)28(2)52-46-42-36(51(27)52)19-12-20-38(42)53-39-23-22-32-31-15-6-8-17-34(31)50(45(32)43(39)46)40-21-10-11-24-48(40)46/h3-26H,1-2H3/q+2. The molecule has 3 aliphatic rings. The van der Waals surface area contributed by atoms with E-state index >= 15 is 0 Å². The van der Waals surface area contributed by atoms with Crippen LogP contribution in [0.1, 0.15) is 22.5 Å². The number of fused-ring (bicyclic) bond motifs is 10. The second-order valence-corrected chi connectivity index (χ2v) is 14.5. The summed E-state index contributed by atoms with van der Waals surface area (Å²) >= 11 is 0. The molecule has 0 saturated carbocycles. The number of ether oxygens (including phenoxy) is 1. The summed E-state index contributed by atoms with van der Waals surface area (Å²) in [5, 5.41) is 3.60. The SMILES string of the molecule is Cc1c(-c2cnc3c4ccccc4n(-c4ccccc4)c3c2)c(C)[n+]2n1-c1cccc3c1C21c2c(ccc4c5ccccc5n(c24)-c2cccc[n+]21)O3. The Hall–Kier alpha value is -6.99. The van der Waals surface area contributed by atoms with Crippen LogP contribution in [0.5, 0.6) is 11.5 Å². The number of aromatic nitrogens is 6. The first-order valence-corrected chi connectivity index (χ1v) is 18.2. The number of benzene rings is 5. The third-order valence-electron chi connectivity index (χ3n) is 12.0. The van der Waals surface area contributed by atoms with Gasteiger partial charge in [0.25, 0.3) is 5.82 Å². The van der Waals surface area contributed by atoms with Crippen molar-refractivity contribution < 1.29 is 14.0 Å². The van der Waals surface area contributed by atoms with E-state index < -0.39 is 5.66 Å². The smallest absolute Gasteiger partial charge is 0.397 e. The molecule has 0 aliphatic carbocycles. The molecule has 5 aromatic heterocycles. The van der Waals surface area contributed by atoms with Crippen LogP contribution in [0.2, 0.25) is 0 Å². The maximum absolute atomic E-state index is 6.90. The lowest BCUT2D eigenvalue weighted by molar-refractivity contribution is -0.995. The summed E-state index contributed by atoms with van der Waals surface area (Å²) in [7, 11) is 0. The second-order valence-electron chi connectivity index (χ2n) is 14.5. The number of hydrogen-bond donors (Lipinski definition) is 0. The zero-order chi connectivity index (χ0) is 34.7. The van der Waals surface area contributed by atoms with Gasteiger partial charge in [0.15, 0.2) is 11.1 Å². The van der Waals surface area contributed by atoms with Gasteiger partial charge < -0.3 is 9.30 Å². The van der Waals surface area contributed by atoms with E-state index in [1.807, 2.05) is 0 Å². The Morgan fingerprint density at radius 1 is 0.642 bits per heavy atom. The first-order valence-electron chi connectivity index (χ1n) is 18.2. The summed E-state index contributed by atoms with van der Waals surface area (Å²) in [6, 6.07) is 47.7. The summed E-state index contributed by atoms with van der Waals surface area (Å²) < 4.78 is 19.1. The maximum Gasteiger partial charge on any atom is 0.397 e. The Morgan fingerprint density at radius 3 is 2.26 bits per heavy atom. The first kappa shape index (κ1) is 27.7. The van der Waals surface area contributed by atoms with Gasteiger partial charge in [-0.25, -0.2) is 0 Å². The van der Waals surface area contributed by atoms with Gasteiger partial charge in [0.1, 0.15) is 28.3 Å². The Morgan fingerprint density at radius 2 is 1.40 bits per heavy atom. The molecular weight excluding hydrogens is 653 g/mol. The summed E-state index contributed by atoms with van der Waals surface area (Å²) in [6.45, 7) is 4.53. The van der Waals surface area contributed by atoms with Crippen molar-refractivity contribution in [2.75, 3.05) is 0 Å². The molecule has 7 nitrogen and oxygen atoms in total. The molecule has 1 unspecified atom stereocenters. The normalized spacial score (nSPS) is 16.0. The topological polar surface area (TPSA) is 44.7 Å². The van der Waals surface area contributed by atoms with E-state index in [0.29, 0.717) is 0 Å². The van der Waals surface area contributed by atoms with Gasteiger partial charge >= 0.3 is 5.66 Å². The average molecular weight is 683 g/mol. The Kier molecular flexibility index (Phi) is 4.84. The Bertz CT molecular complexity index is 3290. The number of pyridine rings is 2. The van der Waals surface area contributed by atoms with E-state index in [1.165, 1.54) is 27.4 Å². The van der Waals surface area contributed by atoms with Crippen molar-refractivity contribution in [3.8, 4) is 39.8 Å². The number of nitrogens with zero attached hydrogens (tertiary/aromatic N) is 6. The van der Waals surface area contributed by atoms with Crippen LogP contribution in [0.4, 0.5) is 0 Å². The third-order valence-corrected chi connectivity index (χ3v) is 12.0. The largest absolute Gasteiger partial charge is 0.456 e. The summed E-state index contributed by atoms with van der Waals surface area (Å²) in [4.78, 5) is 5.22. The van der Waals surface area contributed by atoms with Crippen LogP contribution >= 0.6 is 0 Å². The minimum absolute atomic E-state index is 0.746. The van der Waals surface area contributed by atoms with Gasteiger partial charge in [0.05, 0.1) is 34.0 Å². The van der Waals surface area contributed by atoms with Crippen molar-refractivity contribution in [1.82, 2.24) is 18.8 Å². The van der Waals surface area contributed by atoms with Crippen LogP contribution in [-0.2, 0) is 5.66 Å². The third kappa shape index (κ3) is 3.02. The highest BCUT2D eigenvalue weighted by atomic mass is 16.5. The molecule has 5 aromatic carbocycles. The van der Waals surface area contributed by atoms with Crippen molar-refractivity contribution in [2.45, 2.75) is 19.5 Å². The lowest BCUT2D eigenvalue weighted by Crippen LogP contribution is -2.77. The van der Waals surface area contributed by atoms with Crippen LogP contribution in [0, 0.1) is 13.8 Å². The van der Waals surface area contributed by atoms with E-state index in [2.05, 4.69) is 183 Å². The molecule has 1 atom stereocenters. The van der Waals surface area contributed by atoms with Crippen LogP contribution < -0.4 is 14.0 Å². The molecule has 0 radical (unpaired) electrons. The molecular formula is C46H30N6O+2. The van der Waals surface area contributed by atoms with Crippen molar-refractivity contribution >= 4 is 43.7 Å². The van der Waals surface area contributed by atoms with E-state index in [4.69, 9.17) is 9.72 Å². The molecule has 8 heterocycles. The van der Waals surface area contributed by atoms with Crippen molar-refractivity contribution in [2.24, 2.45) is 0 Å². The molecule has 248 valence electrons. The molecule has 7 heteroatoms. The summed E-state index contributed by atoms with van der Waals surface area (Å²) in [5.74, 6) is 2.87. The fourth-order valence-electron chi connectivity index (χ4n) is 10.2. The van der Waals surface area contributed by atoms with Gasteiger partial charge in [-0.1, -0.05) is 65.3 Å². The fourth-order valence-corrected chi connectivity index (χ4v) is 10.2. The highest BCUT2D eigenvalue weighted by Gasteiger charge is 2.69. The van der Waals surface area contributed by atoms with Crippen molar-refractivity contribution in [1.29, 1.82) is 0 Å². The zero-order valence-corrected chi connectivity index (χ0v) is 28.9. The minimum Gasteiger partial charge on any atom is -0.456 e. The number of rotatable bonds is 2. The molecule has 0 amide bonds.